The predicted molar refractivity (Wildman–Crippen MR) is 139 cm³/mol. The number of hydrogen-bond donors (Lipinski definition) is 1. The molecular formula is C25H29Cl3N2O2S. The second-order valence-corrected chi connectivity index (χ2v) is 10.5. The maximum absolute atomic E-state index is 13.3. The minimum absolute atomic E-state index is 0.0755. The number of halogens is 3. The van der Waals surface area contributed by atoms with Gasteiger partial charge in [-0.05, 0) is 54.7 Å². The molecule has 1 atom stereocenters. The Labute approximate surface area is 215 Å². The van der Waals surface area contributed by atoms with E-state index in [9.17, 15) is 9.59 Å². The summed E-state index contributed by atoms with van der Waals surface area (Å²) in [4.78, 5) is 28.2. The summed E-state index contributed by atoms with van der Waals surface area (Å²) in [6.45, 7) is 2.24. The number of thioether (sulfide) groups is 1. The van der Waals surface area contributed by atoms with Crippen molar-refractivity contribution in [3.05, 3.63) is 68.7 Å². The number of benzene rings is 2. The number of carbonyl (C=O) groups is 2. The van der Waals surface area contributed by atoms with Crippen molar-refractivity contribution in [2.75, 3.05) is 5.75 Å². The molecule has 0 aliphatic heterocycles. The predicted octanol–water partition coefficient (Wildman–Crippen LogP) is 6.75. The van der Waals surface area contributed by atoms with Gasteiger partial charge in [0, 0.05) is 23.4 Å². The lowest BCUT2D eigenvalue weighted by molar-refractivity contribution is -0.139. The Kier molecular flexibility index (Phi) is 10.2. The van der Waals surface area contributed by atoms with Crippen molar-refractivity contribution < 1.29 is 9.59 Å². The monoisotopic (exact) mass is 526 g/mol. The largest absolute Gasteiger partial charge is 0.352 e. The third-order valence-corrected chi connectivity index (χ3v) is 7.81. The smallest absolute Gasteiger partial charge is 0.243 e. The fourth-order valence-electron chi connectivity index (χ4n) is 4.04. The van der Waals surface area contributed by atoms with Crippen LogP contribution < -0.4 is 5.32 Å². The summed E-state index contributed by atoms with van der Waals surface area (Å²) >= 11 is 19.7. The molecule has 1 fully saturated rings. The Morgan fingerprint density at radius 2 is 1.70 bits per heavy atom. The van der Waals surface area contributed by atoms with Crippen LogP contribution in [0.4, 0.5) is 0 Å². The maximum atomic E-state index is 13.3. The van der Waals surface area contributed by atoms with Gasteiger partial charge in [0.2, 0.25) is 11.8 Å². The molecule has 1 N–H and O–H groups in total. The number of nitrogens with zero attached hydrogens (tertiary/aromatic N) is 1. The van der Waals surface area contributed by atoms with E-state index < -0.39 is 6.04 Å². The van der Waals surface area contributed by atoms with Crippen molar-refractivity contribution in [1.29, 1.82) is 0 Å². The Bertz CT molecular complexity index is 949. The van der Waals surface area contributed by atoms with Gasteiger partial charge in [0.15, 0.2) is 0 Å². The lowest BCUT2D eigenvalue weighted by atomic mass is 10.1. The lowest BCUT2D eigenvalue weighted by Crippen LogP contribution is -2.51. The van der Waals surface area contributed by atoms with Gasteiger partial charge in [-0.3, -0.25) is 9.59 Å². The van der Waals surface area contributed by atoms with Crippen molar-refractivity contribution >= 4 is 58.4 Å². The van der Waals surface area contributed by atoms with Gasteiger partial charge < -0.3 is 10.2 Å². The highest BCUT2D eigenvalue weighted by Crippen LogP contribution is 2.25. The van der Waals surface area contributed by atoms with E-state index in [0.29, 0.717) is 33.8 Å². The molecule has 2 amide bonds. The van der Waals surface area contributed by atoms with E-state index in [2.05, 4.69) is 5.32 Å². The number of rotatable bonds is 10. The van der Waals surface area contributed by atoms with Gasteiger partial charge in [-0.25, -0.2) is 0 Å². The van der Waals surface area contributed by atoms with Crippen LogP contribution >= 0.6 is 46.6 Å². The van der Waals surface area contributed by atoms with Gasteiger partial charge in [-0.2, -0.15) is 0 Å². The van der Waals surface area contributed by atoms with E-state index in [1.54, 1.807) is 17.0 Å². The van der Waals surface area contributed by atoms with Gasteiger partial charge in [-0.15, -0.1) is 11.8 Å². The van der Waals surface area contributed by atoms with Gasteiger partial charge in [-0.1, -0.05) is 72.8 Å². The normalized spacial score (nSPS) is 14.8. The molecule has 0 unspecified atom stereocenters. The highest BCUT2D eigenvalue weighted by Gasteiger charge is 2.30. The van der Waals surface area contributed by atoms with E-state index >= 15 is 0 Å². The first-order valence-electron chi connectivity index (χ1n) is 11.2. The van der Waals surface area contributed by atoms with Gasteiger partial charge >= 0.3 is 0 Å². The van der Waals surface area contributed by atoms with Crippen LogP contribution in [0.3, 0.4) is 0 Å². The molecule has 1 saturated carbocycles. The first-order chi connectivity index (χ1) is 15.9. The van der Waals surface area contributed by atoms with E-state index in [1.165, 1.54) is 11.8 Å². The molecule has 33 heavy (non-hydrogen) atoms. The van der Waals surface area contributed by atoms with Crippen LogP contribution in [0.5, 0.6) is 0 Å². The average molecular weight is 528 g/mol. The van der Waals surface area contributed by atoms with Crippen LogP contribution in [0.25, 0.3) is 0 Å². The van der Waals surface area contributed by atoms with E-state index in [0.717, 1.165) is 36.8 Å². The Hall–Kier alpha value is -1.40. The third-order valence-electron chi connectivity index (χ3n) is 5.83. The fraction of sp³-hybridized carbons (Fsp3) is 0.440. The summed E-state index contributed by atoms with van der Waals surface area (Å²) in [6.07, 6.45) is 4.80. The number of nitrogens with one attached hydrogen (secondary N) is 1. The summed E-state index contributed by atoms with van der Waals surface area (Å²) in [5.74, 6) is 0.806. The highest BCUT2D eigenvalue weighted by molar-refractivity contribution is 7.99. The topological polar surface area (TPSA) is 49.4 Å². The van der Waals surface area contributed by atoms with Crippen LogP contribution in [0.2, 0.25) is 15.1 Å². The van der Waals surface area contributed by atoms with Gasteiger partial charge in [0.25, 0.3) is 0 Å². The van der Waals surface area contributed by atoms with Gasteiger partial charge in [0.05, 0.1) is 15.8 Å². The zero-order valence-electron chi connectivity index (χ0n) is 18.7. The molecule has 0 bridgehead atoms. The molecule has 1 aliphatic carbocycles. The van der Waals surface area contributed by atoms with Crippen LogP contribution in [0, 0.1) is 0 Å². The summed E-state index contributed by atoms with van der Waals surface area (Å²) in [5, 5.41) is 4.74. The molecule has 4 nitrogen and oxygen atoms in total. The van der Waals surface area contributed by atoms with Crippen LogP contribution in [-0.4, -0.2) is 34.6 Å². The molecule has 2 aromatic rings. The quantitative estimate of drug-likeness (QED) is 0.372. The highest BCUT2D eigenvalue weighted by atomic mass is 35.5. The third kappa shape index (κ3) is 7.81. The molecule has 0 radical (unpaired) electrons. The molecule has 2 aromatic carbocycles. The van der Waals surface area contributed by atoms with Crippen LogP contribution in [0.15, 0.2) is 42.5 Å². The molecule has 0 heterocycles. The SMILES string of the molecule is CC[C@H](C(=O)NC1CCCC1)N(Cc1ccc(Cl)c(Cl)c1)C(=O)CSCc1ccc(Cl)cc1. The van der Waals surface area contributed by atoms with Crippen molar-refractivity contribution in [3.63, 3.8) is 0 Å². The molecule has 178 valence electrons. The second-order valence-electron chi connectivity index (χ2n) is 8.30. The Morgan fingerprint density at radius 1 is 1.03 bits per heavy atom. The molecule has 3 rings (SSSR count). The van der Waals surface area contributed by atoms with E-state index in [4.69, 9.17) is 34.8 Å². The summed E-state index contributed by atoms with van der Waals surface area (Å²) in [5.41, 5.74) is 1.94. The first-order valence-corrected chi connectivity index (χ1v) is 13.5. The van der Waals surface area contributed by atoms with Crippen molar-refractivity contribution in [3.8, 4) is 0 Å². The standard InChI is InChI=1S/C25H29Cl3N2O2S/c1-2-23(25(32)29-20-5-3-4-6-20)30(14-18-9-12-21(27)22(28)13-18)24(31)16-33-15-17-7-10-19(26)11-8-17/h7-13,20,23H,2-6,14-16H2,1H3,(H,29,32)/t23-/m1/s1. The Balaban J connectivity index is 1.71. The molecule has 0 spiro atoms. The molecule has 1 aliphatic rings. The number of amides is 2. The zero-order chi connectivity index (χ0) is 23.8. The molecule has 0 aromatic heterocycles. The fourth-order valence-corrected chi connectivity index (χ4v) is 5.36. The molecular weight excluding hydrogens is 499 g/mol. The molecule has 0 saturated heterocycles. The summed E-state index contributed by atoms with van der Waals surface area (Å²) < 4.78 is 0. The minimum atomic E-state index is -0.538. The van der Waals surface area contributed by atoms with Crippen molar-refractivity contribution in [1.82, 2.24) is 10.2 Å². The summed E-state index contributed by atoms with van der Waals surface area (Å²) in [6, 6.07) is 12.6. The minimum Gasteiger partial charge on any atom is -0.352 e. The number of carbonyl (C=O) groups excluding carboxylic acids is 2. The Morgan fingerprint density at radius 3 is 2.33 bits per heavy atom. The van der Waals surface area contributed by atoms with Crippen molar-refractivity contribution in [2.45, 2.75) is 63.4 Å². The second kappa shape index (κ2) is 12.9. The van der Waals surface area contributed by atoms with Gasteiger partial charge in [0.1, 0.15) is 6.04 Å². The number of hydrogen-bond acceptors (Lipinski definition) is 3. The maximum Gasteiger partial charge on any atom is 0.243 e. The van der Waals surface area contributed by atoms with E-state index in [1.807, 2.05) is 37.3 Å². The van der Waals surface area contributed by atoms with Crippen molar-refractivity contribution in [2.24, 2.45) is 0 Å². The lowest BCUT2D eigenvalue weighted by Gasteiger charge is -2.31. The van der Waals surface area contributed by atoms with Crippen LogP contribution in [-0.2, 0) is 21.9 Å². The summed E-state index contributed by atoms with van der Waals surface area (Å²) in [7, 11) is 0. The first kappa shape index (κ1) is 26.2. The van der Waals surface area contributed by atoms with Crippen LogP contribution in [0.1, 0.15) is 50.2 Å². The molecule has 8 heteroatoms. The zero-order valence-corrected chi connectivity index (χ0v) is 21.7. The van der Waals surface area contributed by atoms with E-state index in [-0.39, 0.29) is 23.6 Å². The average Bonchev–Trinajstić information content (AvgIpc) is 3.30.